The number of esters is 1. The van der Waals surface area contributed by atoms with Gasteiger partial charge >= 0.3 is 12.1 Å². The maximum absolute atomic E-state index is 12.9. The smallest absolute Gasteiger partial charge is 0.417 e. The van der Waals surface area contributed by atoms with Gasteiger partial charge in [-0.15, -0.1) is 0 Å². The van der Waals surface area contributed by atoms with Gasteiger partial charge in [0.1, 0.15) is 6.04 Å². The molecule has 0 fully saturated rings. The molecule has 1 rings (SSSR count). The Morgan fingerprint density at radius 2 is 1.79 bits per heavy atom. The van der Waals surface area contributed by atoms with Crippen LogP contribution in [0.15, 0.2) is 24.3 Å². The number of hydrogen-bond acceptors (Lipinski definition) is 3. The van der Waals surface area contributed by atoms with E-state index in [9.17, 15) is 22.8 Å². The molecule has 7 heteroatoms. The summed E-state index contributed by atoms with van der Waals surface area (Å²) in [6.45, 7) is 5.68. The molecule has 1 aromatic rings. The van der Waals surface area contributed by atoms with E-state index in [1.54, 1.807) is 0 Å². The van der Waals surface area contributed by atoms with Gasteiger partial charge in [0.25, 0.3) is 5.91 Å². The lowest BCUT2D eigenvalue weighted by Gasteiger charge is -2.16. The molecule has 1 unspecified atom stereocenters. The Morgan fingerprint density at radius 1 is 1.17 bits per heavy atom. The molecule has 0 aliphatic carbocycles. The monoisotopic (exact) mass is 345 g/mol. The van der Waals surface area contributed by atoms with Gasteiger partial charge in [0.05, 0.1) is 17.7 Å². The fourth-order valence-electron chi connectivity index (χ4n) is 2.05. The van der Waals surface area contributed by atoms with E-state index in [1.807, 2.05) is 13.8 Å². The molecule has 0 saturated heterocycles. The molecule has 0 aromatic heterocycles. The molecule has 0 aliphatic rings. The van der Waals surface area contributed by atoms with Crippen LogP contribution in [0.1, 0.15) is 49.5 Å². The molecule has 4 nitrogen and oxygen atoms in total. The molecule has 0 spiro atoms. The number of amides is 1. The molecule has 0 heterocycles. The van der Waals surface area contributed by atoms with E-state index in [0.29, 0.717) is 12.3 Å². The molecule has 0 aliphatic heterocycles. The van der Waals surface area contributed by atoms with E-state index in [1.165, 1.54) is 19.1 Å². The summed E-state index contributed by atoms with van der Waals surface area (Å²) < 4.78 is 43.7. The van der Waals surface area contributed by atoms with Crippen molar-refractivity contribution >= 4 is 11.9 Å². The largest absolute Gasteiger partial charge is 0.464 e. The fourth-order valence-corrected chi connectivity index (χ4v) is 2.05. The van der Waals surface area contributed by atoms with Crippen molar-refractivity contribution in [3.05, 3.63) is 35.4 Å². The summed E-state index contributed by atoms with van der Waals surface area (Å²) >= 11 is 0. The number of carbonyl (C=O) groups is 2. The first kappa shape index (κ1) is 20.0. The maximum atomic E-state index is 12.9. The highest BCUT2D eigenvalue weighted by atomic mass is 19.4. The number of benzene rings is 1. The van der Waals surface area contributed by atoms with E-state index in [2.05, 4.69) is 5.32 Å². The fraction of sp³-hybridized carbons (Fsp3) is 0.529. The lowest BCUT2D eigenvalue weighted by atomic mass is 10.1. The van der Waals surface area contributed by atoms with Crippen molar-refractivity contribution in [2.45, 2.75) is 45.8 Å². The van der Waals surface area contributed by atoms with Crippen LogP contribution in [0, 0.1) is 5.92 Å². The average molecular weight is 345 g/mol. The van der Waals surface area contributed by atoms with E-state index >= 15 is 0 Å². The minimum atomic E-state index is -4.64. The summed E-state index contributed by atoms with van der Waals surface area (Å²) in [5.74, 6) is -1.15. The number of halogens is 3. The minimum absolute atomic E-state index is 0.219. The van der Waals surface area contributed by atoms with Gasteiger partial charge in [-0.1, -0.05) is 26.0 Å². The Morgan fingerprint density at radius 3 is 2.38 bits per heavy atom. The van der Waals surface area contributed by atoms with Crippen LogP contribution in [0.25, 0.3) is 0 Å². The van der Waals surface area contributed by atoms with Gasteiger partial charge in [0.15, 0.2) is 0 Å². The van der Waals surface area contributed by atoms with Crippen molar-refractivity contribution < 1.29 is 27.5 Å². The third-order valence-electron chi connectivity index (χ3n) is 3.35. The molecule has 134 valence electrons. The van der Waals surface area contributed by atoms with Crippen molar-refractivity contribution in [1.29, 1.82) is 0 Å². The van der Waals surface area contributed by atoms with E-state index in [-0.39, 0.29) is 6.61 Å². The first-order valence-corrected chi connectivity index (χ1v) is 7.76. The highest BCUT2D eigenvalue weighted by Gasteiger charge is 2.35. The van der Waals surface area contributed by atoms with Crippen LogP contribution in [-0.2, 0) is 15.7 Å². The normalized spacial score (nSPS) is 12.8. The number of nitrogens with one attached hydrogen (secondary N) is 1. The zero-order valence-electron chi connectivity index (χ0n) is 13.9. The second-order valence-corrected chi connectivity index (χ2v) is 5.94. The Balaban J connectivity index is 2.63. The van der Waals surface area contributed by atoms with Crippen LogP contribution in [0.5, 0.6) is 0 Å². The standard InChI is InChI=1S/C17H22F3NO3/c1-11(2)7-6-10-24-16(23)12(3)21-15(22)13-8-4-5-9-14(13)17(18,19)20/h4-5,8-9,11-12H,6-7,10H2,1-3H3,(H,21,22). The van der Waals surface area contributed by atoms with E-state index < -0.39 is 35.2 Å². The van der Waals surface area contributed by atoms with Gasteiger partial charge in [0, 0.05) is 0 Å². The average Bonchev–Trinajstić information content (AvgIpc) is 2.50. The quantitative estimate of drug-likeness (QED) is 0.604. The van der Waals surface area contributed by atoms with Gasteiger partial charge in [-0.3, -0.25) is 4.79 Å². The molecule has 0 saturated carbocycles. The molecule has 0 radical (unpaired) electrons. The van der Waals surface area contributed by atoms with Crippen molar-refractivity contribution in [3.63, 3.8) is 0 Å². The zero-order chi connectivity index (χ0) is 18.3. The topological polar surface area (TPSA) is 55.4 Å². The number of ether oxygens (including phenoxy) is 1. The van der Waals surface area contributed by atoms with Crippen LogP contribution in [0.4, 0.5) is 13.2 Å². The molecule has 1 atom stereocenters. The predicted octanol–water partition coefficient (Wildman–Crippen LogP) is 3.80. The van der Waals surface area contributed by atoms with Gasteiger partial charge in [-0.05, 0) is 37.8 Å². The summed E-state index contributed by atoms with van der Waals surface area (Å²) in [6, 6.07) is 3.39. The minimum Gasteiger partial charge on any atom is -0.464 e. The van der Waals surface area contributed by atoms with Crippen LogP contribution in [0.3, 0.4) is 0 Å². The summed E-state index contributed by atoms with van der Waals surface area (Å²) in [4.78, 5) is 23.8. The number of alkyl halides is 3. The maximum Gasteiger partial charge on any atom is 0.417 e. The lowest BCUT2D eigenvalue weighted by molar-refractivity contribution is -0.145. The van der Waals surface area contributed by atoms with Crippen molar-refractivity contribution in [2.75, 3.05) is 6.61 Å². The molecular formula is C17H22F3NO3. The zero-order valence-corrected chi connectivity index (χ0v) is 13.9. The molecule has 1 N–H and O–H groups in total. The number of hydrogen-bond donors (Lipinski definition) is 1. The second kappa shape index (κ2) is 8.70. The SMILES string of the molecule is CC(C)CCCOC(=O)C(C)NC(=O)c1ccccc1C(F)(F)F. The Hall–Kier alpha value is -2.05. The highest BCUT2D eigenvalue weighted by molar-refractivity contribution is 5.98. The molecule has 24 heavy (non-hydrogen) atoms. The Bertz CT molecular complexity index is 570. The summed E-state index contributed by atoms with van der Waals surface area (Å²) in [5, 5.41) is 2.24. The third-order valence-corrected chi connectivity index (χ3v) is 3.35. The third kappa shape index (κ3) is 6.22. The van der Waals surface area contributed by atoms with Crippen LogP contribution >= 0.6 is 0 Å². The van der Waals surface area contributed by atoms with Crippen molar-refractivity contribution in [2.24, 2.45) is 5.92 Å². The summed E-state index contributed by atoms with van der Waals surface area (Å²) in [7, 11) is 0. The van der Waals surface area contributed by atoms with Gasteiger partial charge in [-0.2, -0.15) is 13.2 Å². The molecule has 1 aromatic carbocycles. The first-order chi connectivity index (χ1) is 11.1. The second-order valence-electron chi connectivity index (χ2n) is 5.94. The molecule has 0 bridgehead atoms. The highest BCUT2D eigenvalue weighted by Crippen LogP contribution is 2.31. The van der Waals surface area contributed by atoms with E-state index in [4.69, 9.17) is 4.74 Å². The van der Waals surface area contributed by atoms with Gasteiger partial charge < -0.3 is 10.1 Å². The van der Waals surface area contributed by atoms with Crippen molar-refractivity contribution in [1.82, 2.24) is 5.32 Å². The van der Waals surface area contributed by atoms with Crippen LogP contribution in [0.2, 0.25) is 0 Å². The Labute approximate surface area is 139 Å². The van der Waals surface area contributed by atoms with Gasteiger partial charge in [-0.25, -0.2) is 4.79 Å². The van der Waals surface area contributed by atoms with Crippen LogP contribution < -0.4 is 5.32 Å². The molecular weight excluding hydrogens is 323 g/mol. The lowest BCUT2D eigenvalue weighted by Crippen LogP contribution is -2.40. The van der Waals surface area contributed by atoms with Crippen LogP contribution in [-0.4, -0.2) is 24.5 Å². The first-order valence-electron chi connectivity index (χ1n) is 7.76. The van der Waals surface area contributed by atoms with Gasteiger partial charge in [0.2, 0.25) is 0 Å². The number of rotatable bonds is 7. The number of carbonyl (C=O) groups excluding carboxylic acids is 2. The van der Waals surface area contributed by atoms with E-state index in [0.717, 1.165) is 18.6 Å². The Kier molecular flexibility index (Phi) is 7.25. The van der Waals surface area contributed by atoms with Crippen molar-refractivity contribution in [3.8, 4) is 0 Å². The summed E-state index contributed by atoms with van der Waals surface area (Å²) in [5.41, 5.74) is -1.57. The summed E-state index contributed by atoms with van der Waals surface area (Å²) in [6.07, 6.45) is -3.05. The molecule has 1 amide bonds. The predicted molar refractivity (Wildman–Crippen MR) is 83.4 cm³/mol.